The van der Waals surface area contributed by atoms with Crippen LogP contribution in [-0.4, -0.2) is 43.2 Å². The Morgan fingerprint density at radius 1 is 1.06 bits per heavy atom. The first kappa shape index (κ1) is 22.4. The number of hydrogen-bond donors (Lipinski definition) is 0. The van der Waals surface area contributed by atoms with E-state index >= 15 is 0 Å². The Bertz CT molecular complexity index is 1300. The molecular formula is C25H29N3O3S. The van der Waals surface area contributed by atoms with Crippen molar-refractivity contribution in [3.8, 4) is 0 Å². The van der Waals surface area contributed by atoms with Gasteiger partial charge in [-0.25, -0.2) is 8.42 Å². The van der Waals surface area contributed by atoms with Crippen LogP contribution in [0.25, 0.3) is 10.9 Å². The van der Waals surface area contributed by atoms with E-state index in [-0.39, 0.29) is 10.8 Å². The summed E-state index contributed by atoms with van der Waals surface area (Å²) in [4.78, 5) is 20.3. The summed E-state index contributed by atoms with van der Waals surface area (Å²) in [5, 5.41) is 0.841. The molecule has 6 nitrogen and oxygen atoms in total. The molecule has 0 aliphatic carbocycles. The van der Waals surface area contributed by atoms with Crippen molar-refractivity contribution in [1.29, 1.82) is 0 Å². The number of sulfonamides is 1. The lowest BCUT2D eigenvalue weighted by molar-refractivity contribution is 0.0986. The molecule has 1 aliphatic rings. The number of pyridine rings is 1. The van der Waals surface area contributed by atoms with E-state index in [1.165, 1.54) is 4.31 Å². The Balaban J connectivity index is 1.77. The van der Waals surface area contributed by atoms with Gasteiger partial charge < -0.3 is 4.90 Å². The van der Waals surface area contributed by atoms with Gasteiger partial charge in [0.15, 0.2) is 0 Å². The molecule has 1 aromatic heterocycles. The van der Waals surface area contributed by atoms with E-state index in [2.05, 4.69) is 4.98 Å². The van der Waals surface area contributed by atoms with Gasteiger partial charge in [-0.3, -0.25) is 9.78 Å². The third-order valence-corrected chi connectivity index (χ3v) is 8.13. The zero-order valence-corrected chi connectivity index (χ0v) is 19.9. The van der Waals surface area contributed by atoms with E-state index in [0.717, 1.165) is 46.3 Å². The van der Waals surface area contributed by atoms with Gasteiger partial charge in [-0.05, 0) is 68.7 Å². The van der Waals surface area contributed by atoms with Gasteiger partial charge in [-0.1, -0.05) is 25.5 Å². The first-order valence-electron chi connectivity index (χ1n) is 11.1. The highest BCUT2D eigenvalue weighted by Gasteiger charge is 2.28. The van der Waals surface area contributed by atoms with E-state index < -0.39 is 10.0 Å². The van der Waals surface area contributed by atoms with Gasteiger partial charge in [0, 0.05) is 36.4 Å². The van der Waals surface area contributed by atoms with Crippen molar-refractivity contribution in [1.82, 2.24) is 9.29 Å². The summed E-state index contributed by atoms with van der Waals surface area (Å²) in [6.07, 6.45) is 1.53. The average Bonchev–Trinajstić information content (AvgIpc) is 2.78. The van der Waals surface area contributed by atoms with Crippen molar-refractivity contribution in [3.05, 3.63) is 64.8 Å². The summed E-state index contributed by atoms with van der Waals surface area (Å²) in [7, 11) is -3.54. The van der Waals surface area contributed by atoms with Crippen LogP contribution >= 0.6 is 0 Å². The number of amides is 1. The molecule has 4 rings (SSSR count). The Morgan fingerprint density at radius 3 is 2.53 bits per heavy atom. The number of benzene rings is 2. The number of rotatable bonds is 5. The maximum Gasteiger partial charge on any atom is 0.259 e. The molecule has 2 aromatic carbocycles. The summed E-state index contributed by atoms with van der Waals surface area (Å²) >= 11 is 0. The largest absolute Gasteiger partial charge is 0.308 e. The quantitative estimate of drug-likeness (QED) is 0.574. The molecular weight excluding hydrogens is 422 g/mol. The lowest BCUT2D eigenvalue weighted by Gasteiger charge is -2.30. The van der Waals surface area contributed by atoms with E-state index in [9.17, 15) is 13.2 Å². The molecule has 0 saturated heterocycles. The van der Waals surface area contributed by atoms with Gasteiger partial charge in [0.1, 0.15) is 0 Å². The van der Waals surface area contributed by atoms with E-state index in [1.54, 1.807) is 23.1 Å². The smallest absolute Gasteiger partial charge is 0.259 e. The lowest BCUT2D eigenvalue weighted by Crippen LogP contribution is -2.36. The number of anilines is 1. The van der Waals surface area contributed by atoms with Crippen molar-refractivity contribution < 1.29 is 13.2 Å². The van der Waals surface area contributed by atoms with E-state index in [1.807, 2.05) is 52.0 Å². The van der Waals surface area contributed by atoms with Gasteiger partial charge in [0.05, 0.1) is 16.0 Å². The molecule has 168 valence electrons. The van der Waals surface area contributed by atoms with Crippen LogP contribution in [0.4, 0.5) is 5.69 Å². The minimum atomic E-state index is -3.54. The molecule has 0 N–H and O–H groups in total. The van der Waals surface area contributed by atoms with Crippen LogP contribution in [0, 0.1) is 13.8 Å². The Morgan fingerprint density at radius 2 is 1.81 bits per heavy atom. The highest BCUT2D eigenvalue weighted by Crippen LogP contribution is 2.32. The van der Waals surface area contributed by atoms with Crippen molar-refractivity contribution >= 4 is 32.5 Å². The molecule has 0 atom stereocenters. The van der Waals surface area contributed by atoms with Crippen LogP contribution < -0.4 is 4.90 Å². The normalized spacial score (nSPS) is 14.1. The van der Waals surface area contributed by atoms with Gasteiger partial charge in [0.2, 0.25) is 10.0 Å². The fraction of sp³-hybridized carbons (Fsp3) is 0.360. The first-order chi connectivity index (χ1) is 15.3. The van der Waals surface area contributed by atoms with Gasteiger partial charge in [0.25, 0.3) is 5.91 Å². The fourth-order valence-corrected chi connectivity index (χ4v) is 5.96. The lowest BCUT2D eigenvalue weighted by atomic mass is 9.99. The molecule has 3 aromatic rings. The standard InChI is InChI=1S/C25H29N3O3S/c1-5-27(6-2)32(30,31)20-10-12-24-19(16-20)8-7-13-28(24)25(29)22-15-18(4)26-23-11-9-17(3)14-21(22)23/h9-12,14-16H,5-8,13H2,1-4H3. The first-order valence-corrected chi connectivity index (χ1v) is 12.5. The highest BCUT2D eigenvalue weighted by atomic mass is 32.2. The Hall–Kier alpha value is -2.77. The summed E-state index contributed by atoms with van der Waals surface area (Å²) in [6.45, 7) is 9.02. The second kappa shape index (κ2) is 8.64. The van der Waals surface area contributed by atoms with Crippen LogP contribution in [-0.2, 0) is 16.4 Å². The fourth-order valence-electron chi connectivity index (χ4n) is 4.45. The highest BCUT2D eigenvalue weighted by molar-refractivity contribution is 7.89. The molecule has 0 radical (unpaired) electrons. The van der Waals surface area contributed by atoms with Gasteiger partial charge >= 0.3 is 0 Å². The average molecular weight is 452 g/mol. The number of fused-ring (bicyclic) bond motifs is 2. The minimum Gasteiger partial charge on any atom is -0.308 e. The number of carbonyl (C=O) groups is 1. The summed E-state index contributed by atoms with van der Waals surface area (Å²) in [6, 6.07) is 12.9. The predicted molar refractivity (Wildman–Crippen MR) is 128 cm³/mol. The second-order valence-electron chi connectivity index (χ2n) is 8.27. The van der Waals surface area contributed by atoms with Gasteiger partial charge in [-0.2, -0.15) is 4.31 Å². The molecule has 2 heterocycles. The van der Waals surface area contributed by atoms with Crippen LogP contribution in [0.2, 0.25) is 0 Å². The monoisotopic (exact) mass is 451 g/mol. The minimum absolute atomic E-state index is 0.0774. The van der Waals surface area contributed by atoms with E-state index in [0.29, 0.717) is 25.2 Å². The number of carbonyl (C=O) groups excluding carboxylic acids is 1. The Kier molecular flexibility index (Phi) is 6.05. The van der Waals surface area contributed by atoms with Crippen molar-refractivity contribution in [2.24, 2.45) is 0 Å². The summed E-state index contributed by atoms with van der Waals surface area (Å²) in [5.74, 6) is -0.0774. The van der Waals surface area contributed by atoms with Gasteiger partial charge in [-0.15, -0.1) is 0 Å². The third-order valence-electron chi connectivity index (χ3n) is 6.08. The van der Waals surface area contributed by atoms with Crippen molar-refractivity contribution in [3.63, 3.8) is 0 Å². The third kappa shape index (κ3) is 3.91. The summed E-state index contributed by atoms with van der Waals surface area (Å²) < 4.78 is 27.4. The topological polar surface area (TPSA) is 70.6 Å². The van der Waals surface area contributed by atoms with Crippen molar-refractivity contribution in [2.45, 2.75) is 45.4 Å². The molecule has 0 spiro atoms. The molecule has 1 aliphatic heterocycles. The molecule has 0 saturated carbocycles. The number of aryl methyl sites for hydroxylation is 3. The maximum atomic E-state index is 13.7. The molecule has 1 amide bonds. The van der Waals surface area contributed by atoms with Crippen LogP contribution in [0.5, 0.6) is 0 Å². The Labute approximate surface area is 189 Å². The number of nitrogens with zero attached hydrogens (tertiary/aromatic N) is 3. The maximum absolute atomic E-state index is 13.7. The second-order valence-corrected chi connectivity index (χ2v) is 10.2. The van der Waals surface area contributed by atoms with Crippen molar-refractivity contribution in [2.75, 3.05) is 24.5 Å². The molecule has 0 unspecified atom stereocenters. The predicted octanol–water partition coefficient (Wildman–Crippen LogP) is 4.48. The molecule has 32 heavy (non-hydrogen) atoms. The van der Waals surface area contributed by atoms with Crippen LogP contribution in [0.3, 0.4) is 0 Å². The van der Waals surface area contributed by atoms with Crippen LogP contribution in [0.15, 0.2) is 47.4 Å². The van der Waals surface area contributed by atoms with Crippen LogP contribution in [0.1, 0.15) is 47.4 Å². The zero-order valence-electron chi connectivity index (χ0n) is 19.1. The van der Waals surface area contributed by atoms with E-state index in [4.69, 9.17) is 0 Å². The SMILES string of the molecule is CCN(CC)S(=O)(=O)c1ccc2c(c1)CCCN2C(=O)c1cc(C)nc2ccc(C)cc12. The summed E-state index contributed by atoms with van der Waals surface area (Å²) in [5.41, 5.74) is 4.98. The molecule has 0 fully saturated rings. The molecule has 0 bridgehead atoms. The number of aromatic nitrogens is 1. The number of hydrogen-bond acceptors (Lipinski definition) is 4. The molecule has 7 heteroatoms. The zero-order chi connectivity index (χ0) is 23.0.